The highest BCUT2D eigenvalue weighted by atomic mass is 32.1. The van der Waals surface area contributed by atoms with Crippen LogP contribution in [0.25, 0.3) is 10.1 Å². The van der Waals surface area contributed by atoms with Gasteiger partial charge in [0.1, 0.15) is 0 Å². The highest BCUT2D eigenvalue weighted by molar-refractivity contribution is 7.76. The summed E-state index contributed by atoms with van der Waals surface area (Å²) in [6.07, 6.45) is 0. The zero-order valence-corrected chi connectivity index (χ0v) is 12.2. The number of hydrogen-bond donors (Lipinski definition) is 0. The molecule has 1 heterocycles. The first-order valence-electron chi connectivity index (χ1n) is 4.97. The van der Waals surface area contributed by atoms with Crippen molar-refractivity contribution < 1.29 is 0 Å². The number of hydrogen-bond acceptors (Lipinski definition) is 1. The fourth-order valence-electron chi connectivity index (χ4n) is 1.75. The molecule has 0 atom stereocenters. The average molecular weight is 254 g/mol. The van der Waals surface area contributed by atoms with E-state index in [9.17, 15) is 0 Å². The molecule has 15 heavy (non-hydrogen) atoms. The summed E-state index contributed by atoms with van der Waals surface area (Å²) in [5, 5.41) is 3.16. The third-order valence-corrected chi connectivity index (χ3v) is 7.47. The molecule has 0 spiro atoms. The Kier molecular flexibility index (Phi) is 3.45. The summed E-state index contributed by atoms with van der Waals surface area (Å²) in [6.45, 7) is 9.46. The van der Waals surface area contributed by atoms with E-state index in [1.54, 1.807) is 9.92 Å². The second-order valence-electron chi connectivity index (χ2n) is 4.04. The lowest BCUT2D eigenvalue weighted by molar-refractivity contribution is 1.87. The number of rotatable bonds is 2. The maximum atomic E-state index is 2.37. The molecule has 0 fully saturated rings. The van der Waals surface area contributed by atoms with Gasteiger partial charge in [0.25, 0.3) is 0 Å². The van der Waals surface area contributed by atoms with Gasteiger partial charge in [0.05, 0.1) is 0 Å². The van der Waals surface area contributed by atoms with E-state index in [1.807, 2.05) is 11.3 Å². The van der Waals surface area contributed by atoms with Crippen molar-refractivity contribution in [1.29, 1.82) is 0 Å². The summed E-state index contributed by atoms with van der Waals surface area (Å²) >= 11 is 2.01. The summed E-state index contributed by atoms with van der Waals surface area (Å²) in [4.78, 5) is 0. The third kappa shape index (κ3) is 2.11. The minimum atomic E-state index is 0.0150. The van der Waals surface area contributed by atoms with Crippen LogP contribution in [0.2, 0.25) is 0 Å². The fourth-order valence-corrected chi connectivity index (χ4v) is 7.18. The molecule has 1 aromatic heterocycles. The van der Waals surface area contributed by atoms with Crippen LogP contribution >= 0.6 is 27.2 Å². The molecule has 0 aliphatic carbocycles. The van der Waals surface area contributed by atoms with Crippen molar-refractivity contribution in [2.45, 2.75) is 0 Å². The van der Waals surface area contributed by atoms with Crippen molar-refractivity contribution in [1.82, 2.24) is 0 Å². The first kappa shape index (κ1) is 11.5. The van der Waals surface area contributed by atoms with Crippen LogP contribution in [0.4, 0.5) is 0 Å². The normalized spacial score (nSPS) is 11.9. The zero-order chi connectivity index (χ0) is 11.0. The monoisotopic (exact) mass is 254 g/mol. The van der Waals surface area contributed by atoms with Crippen LogP contribution in [0.15, 0.2) is 24.3 Å². The van der Waals surface area contributed by atoms with Gasteiger partial charge in [-0.3, -0.25) is 0 Å². The van der Waals surface area contributed by atoms with Gasteiger partial charge in [0.2, 0.25) is 0 Å². The second kappa shape index (κ2) is 4.50. The van der Waals surface area contributed by atoms with E-state index in [1.165, 1.54) is 10.1 Å². The van der Waals surface area contributed by atoms with Crippen molar-refractivity contribution in [3.63, 3.8) is 0 Å². The van der Waals surface area contributed by atoms with Gasteiger partial charge in [-0.15, -0.1) is 11.3 Å². The Labute approximate surface area is 98.2 Å². The second-order valence-corrected chi connectivity index (χ2v) is 9.87. The van der Waals surface area contributed by atoms with Crippen LogP contribution in [0.3, 0.4) is 0 Å². The standard InChI is InChI=1S/C12H16P2S/c1-13(2)11-9-7-5-6-8-10(9)15-12(11)14(3)4/h5-8H,1-4H3. The van der Waals surface area contributed by atoms with E-state index in [0.29, 0.717) is 0 Å². The number of fused-ring (bicyclic) bond motifs is 1. The third-order valence-electron chi connectivity index (χ3n) is 2.40. The van der Waals surface area contributed by atoms with Gasteiger partial charge in [-0.25, -0.2) is 0 Å². The van der Waals surface area contributed by atoms with E-state index in [2.05, 4.69) is 50.9 Å². The van der Waals surface area contributed by atoms with E-state index >= 15 is 0 Å². The van der Waals surface area contributed by atoms with Crippen LogP contribution in [0.5, 0.6) is 0 Å². The topological polar surface area (TPSA) is 0 Å². The molecule has 1 aromatic carbocycles. The molecular weight excluding hydrogens is 238 g/mol. The van der Waals surface area contributed by atoms with Crippen molar-refractivity contribution in [3.05, 3.63) is 24.3 Å². The molecule has 80 valence electrons. The van der Waals surface area contributed by atoms with Gasteiger partial charge in [-0.05, 0) is 32.7 Å². The summed E-state index contributed by atoms with van der Waals surface area (Å²) in [5.41, 5.74) is 0. The van der Waals surface area contributed by atoms with E-state index < -0.39 is 0 Å². The predicted octanol–water partition coefficient (Wildman–Crippen LogP) is 3.63. The minimum Gasteiger partial charge on any atom is -0.135 e. The largest absolute Gasteiger partial charge is 0.135 e. The minimum absolute atomic E-state index is 0.0150. The lowest BCUT2D eigenvalue weighted by atomic mass is 10.3. The molecule has 0 aliphatic rings. The molecule has 0 saturated heterocycles. The molecule has 0 nitrogen and oxygen atoms in total. The highest BCUT2D eigenvalue weighted by Gasteiger charge is 2.16. The summed E-state index contributed by atoms with van der Waals surface area (Å²) in [7, 11) is 0.0541. The Morgan fingerprint density at radius 3 is 2.20 bits per heavy atom. The molecular formula is C12H16P2S. The maximum Gasteiger partial charge on any atom is 0.0361 e. The Bertz CT molecular complexity index is 471. The van der Waals surface area contributed by atoms with Crippen LogP contribution in [0, 0.1) is 0 Å². The molecule has 3 heteroatoms. The lowest BCUT2D eigenvalue weighted by Crippen LogP contribution is -2.15. The Balaban J connectivity index is 2.75. The Hall–Kier alpha value is 0.0400. The Morgan fingerprint density at radius 2 is 1.60 bits per heavy atom. The fraction of sp³-hybridized carbons (Fsp3) is 0.333. The van der Waals surface area contributed by atoms with Crippen LogP contribution in [-0.2, 0) is 0 Å². The summed E-state index contributed by atoms with van der Waals surface area (Å²) < 4.78 is 3.12. The van der Waals surface area contributed by atoms with Gasteiger partial charge in [-0.2, -0.15) is 0 Å². The Morgan fingerprint density at radius 1 is 0.933 bits per heavy atom. The highest BCUT2D eigenvalue weighted by Crippen LogP contribution is 2.38. The van der Waals surface area contributed by atoms with Crippen LogP contribution in [0.1, 0.15) is 0 Å². The molecule has 0 N–H and O–H groups in total. The van der Waals surface area contributed by atoms with E-state index in [4.69, 9.17) is 0 Å². The molecule has 2 rings (SSSR count). The van der Waals surface area contributed by atoms with E-state index in [0.717, 1.165) is 0 Å². The van der Waals surface area contributed by atoms with Gasteiger partial charge in [-0.1, -0.05) is 34.0 Å². The number of benzene rings is 1. The summed E-state index contributed by atoms with van der Waals surface area (Å²) in [6, 6.07) is 8.85. The van der Waals surface area contributed by atoms with Crippen molar-refractivity contribution in [2.24, 2.45) is 0 Å². The number of thiophene rings is 1. The molecule has 0 bridgehead atoms. The first-order valence-corrected chi connectivity index (χ1v) is 10.3. The van der Waals surface area contributed by atoms with E-state index in [-0.39, 0.29) is 15.8 Å². The smallest absolute Gasteiger partial charge is 0.0361 e. The maximum absolute atomic E-state index is 2.37. The first-order chi connectivity index (χ1) is 7.11. The quantitative estimate of drug-likeness (QED) is 0.718. The lowest BCUT2D eigenvalue weighted by Gasteiger charge is -2.11. The van der Waals surface area contributed by atoms with Crippen molar-refractivity contribution in [3.8, 4) is 0 Å². The molecule has 0 radical (unpaired) electrons. The molecule has 0 amide bonds. The van der Waals surface area contributed by atoms with Crippen molar-refractivity contribution in [2.75, 3.05) is 26.7 Å². The molecule has 0 saturated carbocycles. The SMILES string of the molecule is CP(C)c1sc2ccccc2c1P(C)C. The van der Waals surface area contributed by atoms with Gasteiger partial charge in [0.15, 0.2) is 0 Å². The molecule has 0 unspecified atom stereocenters. The van der Waals surface area contributed by atoms with Crippen LogP contribution < -0.4 is 9.92 Å². The van der Waals surface area contributed by atoms with Crippen LogP contribution in [-0.4, -0.2) is 26.7 Å². The summed E-state index contributed by atoms with van der Waals surface area (Å²) in [5.74, 6) is 0. The van der Waals surface area contributed by atoms with Gasteiger partial charge >= 0.3 is 0 Å². The van der Waals surface area contributed by atoms with Crippen molar-refractivity contribution >= 4 is 47.2 Å². The van der Waals surface area contributed by atoms with Gasteiger partial charge < -0.3 is 0 Å². The predicted molar refractivity (Wildman–Crippen MR) is 78.6 cm³/mol. The molecule has 2 aromatic rings. The zero-order valence-electron chi connectivity index (χ0n) is 9.61. The molecule has 0 aliphatic heterocycles. The van der Waals surface area contributed by atoms with Gasteiger partial charge in [0, 0.05) is 20.0 Å². The average Bonchev–Trinajstić information content (AvgIpc) is 2.56.